The minimum atomic E-state index is 0.131. The van der Waals surface area contributed by atoms with Gasteiger partial charge in [0.2, 0.25) is 12.3 Å². The fraction of sp³-hybridized carbons (Fsp3) is 0.375. The van der Waals surface area contributed by atoms with Gasteiger partial charge >= 0.3 is 0 Å². The molecule has 2 aromatic rings. The Labute approximate surface area is 138 Å². The molecule has 1 saturated heterocycles. The van der Waals surface area contributed by atoms with Crippen molar-refractivity contribution in [2.24, 2.45) is 0 Å². The molecule has 2 aromatic heterocycles. The number of rotatable bonds is 5. The van der Waals surface area contributed by atoms with Crippen LogP contribution < -0.4 is 0 Å². The average molecular weight is 330 g/mol. The Bertz CT molecular complexity index is 666. The molecule has 120 valence electrons. The van der Waals surface area contributed by atoms with Crippen molar-refractivity contribution in [2.45, 2.75) is 12.8 Å². The van der Waals surface area contributed by atoms with Crippen LogP contribution in [0.25, 0.3) is 10.6 Å². The minimum Gasteiger partial charge on any atom is -0.342 e. The molecular weight excluding hydrogens is 312 g/mol. The lowest BCUT2D eigenvalue weighted by atomic mass is 10.2. The van der Waals surface area contributed by atoms with Crippen LogP contribution in [0.4, 0.5) is 0 Å². The Kier molecular flexibility index (Phi) is 4.97. The number of carbonyl (C=O) groups is 2. The van der Waals surface area contributed by atoms with E-state index in [1.54, 1.807) is 28.6 Å². The number of carbonyl (C=O) groups excluding carboxylic acids is 2. The monoisotopic (exact) mass is 330 g/mol. The van der Waals surface area contributed by atoms with Crippen LogP contribution in [0.15, 0.2) is 29.9 Å². The molecule has 0 aromatic carbocycles. The largest absolute Gasteiger partial charge is 0.342 e. The van der Waals surface area contributed by atoms with Gasteiger partial charge in [0.05, 0.1) is 5.69 Å². The highest BCUT2D eigenvalue weighted by Crippen LogP contribution is 2.23. The standard InChI is InChI=1S/C16H18N4O2S/c21-12-19-6-8-20(9-7-19)15(22)4-3-14-11-23-16(18-14)13-2-1-5-17-10-13/h1-2,5,10-12H,3-4,6-9H2. The zero-order chi connectivity index (χ0) is 16.1. The van der Waals surface area contributed by atoms with E-state index in [2.05, 4.69) is 9.97 Å². The molecule has 6 nitrogen and oxygen atoms in total. The van der Waals surface area contributed by atoms with E-state index in [9.17, 15) is 9.59 Å². The van der Waals surface area contributed by atoms with Gasteiger partial charge in [-0.1, -0.05) is 0 Å². The smallest absolute Gasteiger partial charge is 0.223 e. The van der Waals surface area contributed by atoms with Crippen LogP contribution in [0, 0.1) is 0 Å². The van der Waals surface area contributed by atoms with Gasteiger partial charge in [-0.2, -0.15) is 0 Å². The molecule has 23 heavy (non-hydrogen) atoms. The third-order valence-corrected chi connectivity index (χ3v) is 4.81. The summed E-state index contributed by atoms with van der Waals surface area (Å²) in [6, 6.07) is 3.87. The van der Waals surface area contributed by atoms with Crippen LogP contribution >= 0.6 is 11.3 Å². The molecule has 3 rings (SSSR count). The van der Waals surface area contributed by atoms with Crippen LogP contribution in [0.3, 0.4) is 0 Å². The van der Waals surface area contributed by atoms with Gasteiger partial charge in [0.25, 0.3) is 0 Å². The molecule has 7 heteroatoms. The second-order valence-corrected chi connectivity index (χ2v) is 6.27. The Morgan fingerprint density at radius 2 is 2.13 bits per heavy atom. The molecule has 0 saturated carbocycles. The van der Waals surface area contributed by atoms with E-state index in [0.29, 0.717) is 39.0 Å². The molecule has 0 bridgehead atoms. The molecule has 0 aliphatic carbocycles. The molecule has 2 amide bonds. The quantitative estimate of drug-likeness (QED) is 0.778. The van der Waals surface area contributed by atoms with Crippen molar-refractivity contribution in [3.05, 3.63) is 35.6 Å². The highest BCUT2D eigenvalue weighted by Gasteiger charge is 2.20. The second-order valence-electron chi connectivity index (χ2n) is 5.41. The first-order chi connectivity index (χ1) is 11.3. The predicted octanol–water partition coefficient (Wildman–Crippen LogP) is 1.44. The van der Waals surface area contributed by atoms with E-state index in [4.69, 9.17) is 0 Å². The van der Waals surface area contributed by atoms with Crippen molar-refractivity contribution in [1.82, 2.24) is 19.8 Å². The van der Waals surface area contributed by atoms with Gasteiger partial charge in [0.15, 0.2) is 0 Å². The predicted molar refractivity (Wildman–Crippen MR) is 87.9 cm³/mol. The van der Waals surface area contributed by atoms with Crippen LogP contribution in [-0.4, -0.2) is 58.3 Å². The minimum absolute atomic E-state index is 0.131. The molecule has 0 spiro atoms. The van der Waals surface area contributed by atoms with E-state index >= 15 is 0 Å². The molecule has 0 atom stereocenters. The lowest BCUT2D eigenvalue weighted by Gasteiger charge is -2.32. The number of hydrogen-bond acceptors (Lipinski definition) is 5. The summed E-state index contributed by atoms with van der Waals surface area (Å²) in [7, 11) is 0. The summed E-state index contributed by atoms with van der Waals surface area (Å²) in [6.07, 6.45) is 5.47. The number of thiazole rings is 1. The van der Waals surface area contributed by atoms with E-state index < -0.39 is 0 Å². The molecule has 0 N–H and O–H groups in total. The van der Waals surface area contributed by atoms with Gasteiger partial charge in [-0.15, -0.1) is 11.3 Å². The van der Waals surface area contributed by atoms with Crippen LogP contribution in [0.5, 0.6) is 0 Å². The fourth-order valence-electron chi connectivity index (χ4n) is 2.51. The highest BCUT2D eigenvalue weighted by molar-refractivity contribution is 7.13. The number of hydrogen-bond donors (Lipinski definition) is 0. The van der Waals surface area contributed by atoms with Gasteiger partial charge in [0.1, 0.15) is 5.01 Å². The van der Waals surface area contributed by atoms with E-state index in [1.807, 2.05) is 22.4 Å². The average Bonchev–Trinajstić information content (AvgIpc) is 3.09. The number of pyridine rings is 1. The number of aryl methyl sites for hydroxylation is 1. The third kappa shape index (κ3) is 3.92. The molecular formula is C16H18N4O2S. The van der Waals surface area contributed by atoms with Crippen LogP contribution in [0.1, 0.15) is 12.1 Å². The van der Waals surface area contributed by atoms with Gasteiger partial charge in [-0.25, -0.2) is 4.98 Å². The van der Waals surface area contributed by atoms with Gasteiger partial charge in [-0.05, 0) is 18.6 Å². The van der Waals surface area contributed by atoms with Crippen LogP contribution in [0.2, 0.25) is 0 Å². The SMILES string of the molecule is O=CN1CCN(C(=O)CCc2csc(-c3cccnc3)n2)CC1. The van der Waals surface area contributed by atoms with Crippen molar-refractivity contribution in [3.63, 3.8) is 0 Å². The fourth-order valence-corrected chi connectivity index (χ4v) is 3.36. The molecule has 1 fully saturated rings. The maximum Gasteiger partial charge on any atom is 0.223 e. The molecule has 3 heterocycles. The Morgan fingerprint density at radius 3 is 2.83 bits per heavy atom. The second kappa shape index (κ2) is 7.32. The maximum atomic E-state index is 12.2. The summed E-state index contributed by atoms with van der Waals surface area (Å²) in [4.78, 5) is 35.1. The Balaban J connectivity index is 1.52. The first-order valence-corrected chi connectivity index (χ1v) is 8.46. The summed E-state index contributed by atoms with van der Waals surface area (Å²) >= 11 is 1.57. The normalized spacial score (nSPS) is 14.8. The van der Waals surface area contributed by atoms with Crippen LogP contribution in [-0.2, 0) is 16.0 Å². The third-order valence-electron chi connectivity index (χ3n) is 3.87. The van der Waals surface area contributed by atoms with Crippen molar-refractivity contribution < 1.29 is 9.59 Å². The van der Waals surface area contributed by atoms with E-state index in [-0.39, 0.29) is 5.91 Å². The number of piperazine rings is 1. The zero-order valence-corrected chi connectivity index (χ0v) is 13.5. The lowest BCUT2D eigenvalue weighted by Crippen LogP contribution is -2.48. The van der Waals surface area contributed by atoms with Gasteiger partial charge < -0.3 is 9.80 Å². The molecule has 1 aliphatic heterocycles. The van der Waals surface area contributed by atoms with Gasteiger partial charge in [0, 0.05) is 55.9 Å². The lowest BCUT2D eigenvalue weighted by molar-refractivity contribution is -0.135. The number of amides is 2. The number of nitrogens with zero attached hydrogens (tertiary/aromatic N) is 4. The van der Waals surface area contributed by atoms with Gasteiger partial charge in [-0.3, -0.25) is 14.6 Å². The Hall–Kier alpha value is -2.28. The van der Waals surface area contributed by atoms with Crippen molar-refractivity contribution >= 4 is 23.7 Å². The van der Waals surface area contributed by atoms with Crippen molar-refractivity contribution in [3.8, 4) is 10.6 Å². The van der Waals surface area contributed by atoms with E-state index in [0.717, 1.165) is 22.7 Å². The first kappa shape index (κ1) is 15.6. The van der Waals surface area contributed by atoms with Crippen molar-refractivity contribution in [2.75, 3.05) is 26.2 Å². The molecule has 0 radical (unpaired) electrons. The summed E-state index contributed by atoms with van der Waals surface area (Å²) in [5, 5.41) is 2.93. The maximum absolute atomic E-state index is 12.2. The first-order valence-electron chi connectivity index (χ1n) is 7.58. The Morgan fingerprint density at radius 1 is 1.30 bits per heavy atom. The highest BCUT2D eigenvalue weighted by atomic mass is 32.1. The number of aromatic nitrogens is 2. The summed E-state index contributed by atoms with van der Waals surface area (Å²) < 4.78 is 0. The van der Waals surface area contributed by atoms with E-state index in [1.165, 1.54) is 0 Å². The topological polar surface area (TPSA) is 66.4 Å². The summed E-state index contributed by atoms with van der Waals surface area (Å²) in [5.41, 5.74) is 1.94. The molecule has 1 aliphatic rings. The summed E-state index contributed by atoms with van der Waals surface area (Å²) in [6.45, 7) is 2.49. The molecule has 0 unspecified atom stereocenters. The summed E-state index contributed by atoms with van der Waals surface area (Å²) in [5.74, 6) is 0.131. The zero-order valence-electron chi connectivity index (χ0n) is 12.7. The van der Waals surface area contributed by atoms with Crippen molar-refractivity contribution in [1.29, 1.82) is 0 Å².